The quantitative estimate of drug-likeness (QED) is 0.898. The Bertz CT molecular complexity index is 452. The van der Waals surface area contributed by atoms with Crippen molar-refractivity contribution < 1.29 is 5.11 Å². The van der Waals surface area contributed by atoms with E-state index >= 15 is 0 Å². The molecule has 5 heteroatoms. The van der Waals surface area contributed by atoms with Gasteiger partial charge in [0.15, 0.2) is 0 Å². The molecule has 2 aromatic heterocycles. The van der Waals surface area contributed by atoms with Gasteiger partial charge in [-0.2, -0.15) is 0 Å². The first-order chi connectivity index (χ1) is 7.18. The molecule has 1 N–H and O–H groups in total. The van der Waals surface area contributed by atoms with Crippen LogP contribution in [0.25, 0.3) is 0 Å². The molecule has 0 aliphatic carbocycles. The van der Waals surface area contributed by atoms with Gasteiger partial charge >= 0.3 is 0 Å². The molecule has 3 nitrogen and oxygen atoms in total. The Morgan fingerprint density at radius 1 is 1.67 bits per heavy atom. The predicted molar refractivity (Wildman–Crippen MR) is 61.2 cm³/mol. The van der Waals surface area contributed by atoms with Gasteiger partial charge in [0.25, 0.3) is 0 Å². The van der Waals surface area contributed by atoms with Crippen LogP contribution < -0.4 is 0 Å². The fourth-order valence-electron chi connectivity index (χ4n) is 1.40. The SMILES string of the molecule is Cn1ccnc1CC(O)c1sccc1Cl. The second-order valence-electron chi connectivity index (χ2n) is 3.31. The molecule has 15 heavy (non-hydrogen) atoms. The Labute approximate surface area is 97.0 Å². The standard InChI is InChI=1S/C10H11ClN2OS/c1-13-4-3-12-9(13)6-8(14)10-7(11)2-5-15-10/h2-5,8,14H,6H2,1H3. The van der Waals surface area contributed by atoms with Crippen molar-refractivity contribution in [1.29, 1.82) is 0 Å². The van der Waals surface area contributed by atoms with Crippen molar-refractivity contribution in [3.05, 3.63) is 39.6 Å². The lowest BCUT2D eigenvalue weighted by molar-refractivity contribution is 0.179. The highest BCUT2D eigenvalue weighted by atomic mass is 35.5. The average Bonchev–Trinajstić information content (AvgIpc) is 2.76. The second-order valence-corrected chi connectivity index (χ2v) is 4.66. The van der Waals surface area contributed by atoms with Crippen LogP contribution in [0.1, 0.15) is 16.8 Å². The summed E-state index contributed by atoms with van der Waals surface area (Å²) in [6.07, 6.45) is 3.50. The number of nitrogens with zero attached hydrogens (tertiary/aromatic N) is 2. The van der Waals surface area contributed by atoms with Crippen LogP contribution in [0, 0.1) is 0 Å². The molecule has 0 bridgehead atoms. The lowest BCUT2D eigenvalue weighted by Crippen LogP contribution is -2.05. The van der Waals surface area contributed by atoms with Crippen LogP contribution in [-0.4, -0.2) is 14.7 Å². The van der Waals surface area contributed by atoms with Gasteiger partial charge in [-0.1, -0.05) is 11.6 Å². The van der Waals surface area contributed by atoms with Crippen LogP contribution in [-0.2, 0) is 13.5 Å². The maximum atomic E-state index is 9.96. The van der Waals surface area contributed by atoms with Crippen molar-refractivity contribution in [3.8, 4) is 0 Å². The van der Waals surface area contributed by atoms with E-state index in [0.29, 0.717) is 11.4 Å². The summed E-state index contributed by atoms with van der Waals surface area (Å²) < 4.78 is 1.89. The Balaban J connectivity index is 2.14. The molecule has 2 rings (SSSR count). The molecule has 1 atom stereocenters. The highest BCUT2D eigenvalue weighted by molar-refractivity contribution is 7.10. The first-order valence-corrected chi connectivity index (χ1v) is 5.81. The van der Waals surface area contributed by atoms with E-state index in [2.05, 4.69) is 4.98 Å². The van der Waals surface area contributed by atoms with Gasteiger partial charge in [-0.3, -0.25) is 0 Å². The van der Waals surface area contributed by atoms with E-state index in [1.807, 2.05) is 23.2 Å². The normalized spacial score (nSPS) is 13.0. The molecule has 0 aromatic carbocycles. The molecule has 0 amide bonds. The zero-order chi connectivity index (χ0) is 10.8. The fraction of sp³-hybridized carbons (Fsp3) is 0.300. The van der Waals surface area contributed by atoms with Crippen molar-refractivity contribution in [2.75, 3.05) is 0 Å². The van der Waals surface area contributed by atoms with E-state index in [4.69, 9.17) is 11.6 Å². The summed E-state index contributed by atoms with van der Waals surface area (Å²) in [5.74, 6) is 0.854. The molecule has 0 spiro atoms. The van der Waals surface area contributed by atoms with Gasteiger partial charge in [0, 0.05) is 25.9 Å². The average molecular weight is 243 g/mol. The molecule has 2 aromatic rings. The predicted octanol–water partition coefficient (Wildman–Crippen LogP) is 2.41. The number of hydrogen-bond acceptors (Lipinski definition) is 3. The number of halogens is 1. The molecular formula is C10H11ClN2OS. The Morgan fingerprint density at radius 3 is 3.00 bits per heavy atom. The van der Waals surface area contributed by atoms with E-state index in [0.717, 1.165) is 10.7 Å². The van der Waals surface area contributed by atoms with Crippen LogP contribution in [0.4, 0.5) is 0 Å². The van der Waals surface area contributed by atoms with Crippen molar-refractivity contribution in [1.82, 2.24) is 9.55 Å². The zero-order valence-electron chi connectivity index (χ0n) is 8.22. The zero-order valence-corrected chi connectivity index (χ0v) is 9.79. The fourth-order valence-corrected chi connectivity index (χ4v) is 2.57. The van der Waals surface area contributed by atoms with Crippen LogP contribution in [0.3, 0.4) is 0 Å². The van der Waals surface area contributed by atoms with E-state index in [1.165, 1.54) is 11.3 Å². The Kier molecular flexibility index (Phi) is 3.09. The number of hydrogen-bond donors (Lipinski definition) is 1. The summed E-state index contributed by atoms with van der Waals surface area (Å²) in [6, 6.07) is 1.79. The topological polar surface area (TPSA) is 38.0 Å². The van der Waals surface area contributed by atoms with Gasteiger partial charge in [0.1, 0.15) is 5.82 Å². The number of imidazole rings is 1. The maximum absolute atomic E-state index is 9.96. The van der Waals surface area contributed by atoms with E-state index in [9.17, 15) is 5.11 Å². The molecule has 80 valence electrons. The second kappa shape index (κ2) is 4.35. The molecule has 0 saturated heterocycles. The van der Waals surface area contributed by atoms with Crippen molar-refractivity contribution >= 4 is 22.9 Å². The summed E-state index contributed by atoms with van der Waals surface area (Å²) in [5, 5.41) is 12.5. The van der Waals surface area contributed by atoms with Crippen LogP contribution in [0.2, 0.25) is 5.02 Å². The van der Waals surface area contributed by atoms with Gasteiger partial charge in [0.05, 0.1) is 16.0 Å². The summed E-state index contributed by atoms with van der Waals surface area (Å²) in [4.78, 5) is 4.97. The molecular weight excluding hydrogens is 232 g/mol. The molecule has 2 heterocycles. The largest absolute Gasteiger partial charge is 0.387 e. The Hall–Kier alpha value is -0.840. The summed E-state index contributed by atoms with van der Waals surface area (Å²) >= 11 is 7.40. The third-order valence-electron chi connectivity index (χ3n) is 2.24. The van der Waals surface area contributed by atoms with Crippen LogP contribution >= 0.6 is 22.9 Å². The maximum Gasteiger partial charge on any atom is 0.111 e. The number of aliphatic hydroxyl groups is 1. The summed E-state index contributed by atoms with van der Waals surface area (Å²) in [7, 11) is 1.91. The monoisotopic (exact) mass is 242 g/mol. The van der Waals surface area contributed by atoms with E-state index in [-0.39, 0.29) is 0 Å². The highest BCUT2D eigenvalue weighted by Gasteiger charge is 2.15. The number of aliphatic hydroxyl groups excluding tert-OH is 1. The highest BCUT2D eigenvalue weighted by Crippen LogP contribution is 2.30. The minimum atomic E-state index is -0.571. The minimum Gasteiger partial charge on any atom is -0.387 e. The molecule has 0 fully saturated rings. The number of rotatable bonds is 3. The van der Waals surface area contributed by atoms with Crippen LogP contribution in [0.5, 0.6) is 0 Å². The molecule has 0 radical (unpaired) electrons. The molecule has 0 saturated carbocycles. The first-order valence-electron chi connectivity index (χ1n) is 4.55. The lowest BCUT2D eigenvalue weighted by Gasteiger charge is -2.08. The van der Waals surface area contributed by atoms with Gasteiger partial charge in [-0.15, -0.1) is 11.3 Å². The minimum absolute atomic E-state index is 0.490. The third kappa shape index (κ3) is 2.22. The first kappa shape index (κ1) is 10.7. The number of aryl methyl sites for hydroxylation is 1. The smallest absolute Gasteiger partial charge is 0.111 e. The number of aromatic nitrogens is 2. The van der Waals surface area contributed by atoms with Crippen molar-refractivity contribution in [2.45, 2.75) is 12.5 Å². The lowest BCUT2D eigenvalue weighted by atomic mass is 10.2. The van der Waals surface area contributed by atoms with Gasteiger partial charge in [0.2, 0.25) is 0 Å². The van der Waals surface area contributed by atoms with Crippen LogP contribution in [0.15, 0.2) is 23.8 Å². The van der Waals surface area contributed by atoms with Crippen molar-refractivity contribution in [2.24, 2.45) is 7.05 Å². The number of thiophene rings is 1. The third-order valence-corrected chi connectivity index (χ3v) is 3.70. The molecule has 0 aliphatic rings. The molecule has 0 aliphatic heterocycles. The van der Waals surface area contributed by atoms with E-state index < -0.39 is 6.10 Å². The van der Waals surface area contributed by atoms with E-state index in [1.54, 1.807) is 12.3 Å². The molecule has 1 unspecified atom stereocenters. The van der Waals surface area contributed by atoms with Crippen molar-refractivity contribution in [3.63, 3.8) is 0 Å². The summed E-state index contributed by atoms with van der Waals surface area (Å²) in [5.41, 5.74) is 0. The van der Waals surface area contributed by atoms with Gasteiger partial charge in [-0.05, 0) is 11.4 Å². The summed E-state index contributed by atoms with van der Waals surface area (Å²) in [6.45, 7) is 0. The Morgan fingerprint density at radius 2 is 2.47 bits per heavy atom. The van der Waals surface area contributed by atoms with Gasteiger partial charge in [-0.25, -0.2) is 4.98 Å². The van der Waals surface area contributed by atoms with Gasteiger partial charge < -0.3 is 9.67 Å².